The predicted octanol–water partition coefficient (Wildman–Crippen LogP) is -0.733. The summed E-state index contributed by atoms with van der Waals surface area (Å²) in [7, 11) is 5.25. The summed E-state index contributed by atoms with van der Waals surface area (Å²) >= 11 is 0. The van der Waals surface area contributed by atoms with Crippen molar-refractivity contribution < 1.29 is 14.3 Å². The third-order valence-corrected chi connectivity index (χ3v) is 4.42. The number of nitrogens with zero attached hydrogens (tertiary/aromatic N) is 3. The lowest BCUT2D eigenvalue weighted by Gasteiger charge is -2.31. The summed E-state index contributed by atoms with van der Waals surface area (Å²) in [6.07, 6.45) is 2.35. The molecule has 2 heterocycles. The van der Waals surface area contributed by atoms with Crippen molar-refractivity contribution in [3.8, 4) is 0 Å². The number of carbonyl (C=O) groups excluding carboxylic acids is 2. The largest absolute Gasteiger partial charge is 0.381 e. The molecule has 0 aromatic rings. The summed E-state index contributed by atoms with van der Waals surface area (Å²) < 4.78 is 5.39. The fourth-order valence-electron chi connectivity index (χ4n) is 2.75. The van der Waals surface area contributed by atoms with E-state index in [0.717, 1.165) is 32.6 Å². The molecule has 0 spiro atoms. The Morgan fingerprint density at radius 2 is 2.21 bits per heavy atom. The molecule has 2 N–H and O–H groups in total. The van der Waals surface area contributed by atoms with E-state index in [2.05, 4.69) is 15.6 Å². The zero-order valence-electron chi connectivity index (χ0n) is 14.9. The Morgan fingerprint density at radius 1 is 1.42 bits per heavy atom. The van der Waals surface area contributed by atoms with Gasteiger partial charge in [0.1, 0.15) is 6.54 Å². The van der Waals surface area contributed by atoms with Gasteiger partial charge in [-0.15, -0.1) is 0 Å². The molecule has 0 bridgehead atoms. The molecule has 24 heavy (non-hydrogen) atoms. The lowest BCUT2D eigenvalue weighted by molar-refractivity contribution is -0.132. The first-order chi connectivity index (χ1) is 11.5. The van der Waals surface area contributed by atoms with Crippen molar-refractivity contribution in [2.45, 2.75) is 25.3 Å². The van der Waals surface area contributed by atoms with Gasteiger partial charge in [0.15, 0.2) is 5.96 Å². The summed E-state index contributed by atoms with van der Waals surface area (Å²) in [4.78, 5) is 31.0. The van der Waals surface area contributed by atoms with Crippen LogP contribution in [0.5, 0.6) is 0 Å². The van der Waals surface area contributed by atoms with Crippen molar-refractivity contribution >= 4 is 17.8 Å². The van der Waals surface area contributed by atoms with Crippen molar-refractivity contribution in [2.24, 2.45) is 10.9 Å². The van der Waals surface area contributed by atoms with Crippen molar-refractivity contribution in [1.82, 2.24) is 20.4 Å². The van der Waals surface area contributed by atoms with Gasteiger partial charge < -0.3 is 25.2 Å². The second-order valence-corrected chi connectivity index (χ2v) is 6.72. The van der Waals surface area contributed by atoms with Crippen LogP contribution in [0.15, 0.2) is 4.99 Å². The summed E-state index contributed by atoms with van der Waals surface area (Å²) in [5.41, 5.74) is 0. The highest BCUT2D eigenvalue weighted by Crippen LogP contribution is 2.11. The fraction of sp³-hybridized carbons (Fsp3) is 0.812. The average Bonchev–Trinajstić information content (AvgIpc) is 3.06. The van der Waals surface area contributed by atoms with Gasteiger partial charge >= 0.3 is 0 Å². The average molecular weight is 339 g/mol. The molecule has 0 saturated carbocycles. The first-order valence-electron chi connectivity index (χ1n) is 8.52. The fourth-order valence-corrected chi connectivity index (χ4v) is 2.75. The van der Waals surface area contributed by atoms with E-state index in [9.17, 15) is 9.59 Å². The Bertz CT molecular complexity index is 474. The van der Waals surface area contributed by atoms with Crippen LogP contribution in [0.2, 0.25) is 0 Å². The topological polar surface area (TPSA) is 86.3 Å². The molecular weight excluding hydrogens is 310 g/mol. The highest BCUT2D eigenvalue weighted by Gasteiger charge is 2.24. The highest BCUT2D eigenvalue weighted by molar-refractivity contribution is 5.85. The third-order valence-electron chi connectivity index (χ3n) is 4.42. The number of hydrogen-bond donors (Lipinski definition) is 2. The number of carbonyl (C=O) groups is 2. The maximum absolute atomic E-state index is 11.8. The highest BCUT2D eigenvalue weighted by atomic mass is 16.5. The molecule has 0 aromatic heterocycles. The number of guanidine groups is 1. The van der Waals surface area contributed by atoms with Crippen molar-refractivity contribution in [3.63, 3.8) is 0 Å². The van der Waals surface area contributed by atoms with E-state index in [0.29, 0.717) is 24.8 Å². The number of piperidine rings is 1. The molecule has 2 unspecified atom stereocenters. The summed E-state index contributed by atoms with van der Waals surface area (Å²) in [5, 5.41) is 6.67. The minimum absolute atomic E-state index is 0.0451. The molecule has 2 aliphatic rings. The number of likely N-dealkylation sites (tertiary alicyclic amines) is 1. The molecule has 8 heteroatoms. The van der Waals surface area contributed by atoms with Crippen LogP contribution in [0.3, 0.4) is 0 Å². The molecule has 2 saturated heterocycles. The van der Waals surface area contributed by atoms with Crippen LogP contribution in [-0.2, 0) is 14.3 Å². The summed E-state index contributed by atoms with van der Waals surface area (Å²) in [6.45, 7) is 3.08. The summed E-state index contributed by atoms with van der Waals surface area (Å²) in [5.74, 6) is 1.23. The lowest BCUT2D eigenvalue weighted by atomic mass is 10.1. The number of hydrogen-bond acceptors (Lipinski definition) is 4. The van der Waals surface area contributed by atoms with E-state index in [1.54, 1.807) is 19.0 Å². The number of rotatable bonds is 5. The van der Waals surface area contributed by atoms with Crippen molar-refractivity contribution in [1.29, 1.82) is 0 Å². The van der Waals surface area contributed by atoms with Crippen LogP contribution in [0.1, 0.15) is 19.3 Å². The first-order valence-corrected chi connectivity index (χ1v) is 8.52. The molecular formula is C16H29N5O3. The molecule has 0 aromatic carbocycles. The van der Waals surface area contributed by atoms with E-state index < -0.39 is 0 Å². The molecule has 8 nitrogen and oxygen atoms in total. The predicted molar refractivity (Wildman–Crippen MR) is 91.7 cm³/mol. The Morgan fingerprint density at radius 3 is 2.83 bits per heavy atom. The third kappa shape index (κ3) is 5.67. The van der Waals surface area contributed by atoms with Crippen LogP contribution >= 0.6 is 0 Å². The van der Waals surface area contributed by atoms with Gasteiger partial charge in [0, 0.05) is 59.2 Å². The lowest BCUT2D eigenvalue weighted by Crippen LogP contribution is -2.52. The molecule has 2 aliphatic heterocycles. The van der Waals surface area contributed by atoms with E-state index in [-0.39, 0.29) is 24.4 Å². The Hall–Kier alpha value is -1.83. The van der Waals surface area contributed by atoms with Crippen molar-refractivity contribution in [3.05, 3.63) is 0 Å². The monoisotopic (exact) mass is 339 g/mol. The quantitative estimate of drug-likeness (QED) is 0.509. The number of aliphatic imine (C=N–C) groups is 1. The molecule has 2 rings (SSSR count). The van der Waals surface area contributed by atoms with Crippen LogP contribution in [0.25, 0.3) is 0 Å². The molecule has 2 amide bonds. The molecule has 2 atom stereocenters. The van der Waals surface area contributed by atoms with Gasteiger partial charge in [-0.25, -0.2) is 4.99 Å². The number of amides is 2. The first kappa shape index (κ1) is 18.5. The molecule has 0 aliphatic carbocycles. The standard InChI is InChI=1S/C16H29N5O3/c1-20(2)15(23)9-18-16(17-8-12-6-7-24-11-12)19-13-4-5-14(22)21(3)10-13/h12-13H,4-11H2,1-3H3,(H2,17,18,19). The Kier molecular flexibility index (Phi) is 6.84. The van der Waals surface area contributed by atoms with E-state index in [1.165, 1.54) is 4.90 Å². The minimum atomic E-state index is -0.0451. The van der Waals surface area contributed by atoms with Crippen LogP contribution in [-0.4, -0.2) is 87.6 Å². The Balaban J connectivity index is 1.91. The number of nitrogens with one attached hydrogen (secondary N) is 2. The zero-order valence-corrected chi connectivity index (χ0v) is 14.9. The number of likely N-dealkylation sites (N-methyl/N-ethyl adjacent to an activating group) is 2. The van der Waals surface area contributed by atoms with Gasteiger partial charge in [0.2, 0.25) is 11.8 Å². The van der Waals surface area contributed by atoms with Gasteiger partial charge in [0.25, 0.3) is 0 Å². The van der Waals surface area contributed by atoms with Crippen LogP contribution in [0, 0.1) is 5.92 Å². The van der Waals surface area contributed by atoms with Crippen LogP contribution < -0.4 is 10.6 Å². The van der Waals surface area contributed by atoms with Crippen molar-refractivity contribution in [2.75, 3.05) is 54.0 Å². The Labute approximate surface area is 143 Å². The SMILES string of the molecule is CN(C)C(=O)CN=C(NCC1CCOC1)NC1CCC(=O)N(C)C1. The van der Waals surface area contributed by atoms with Gasteiger partial charge in [-0.1, -0.05) is 0 Å². The molecule has 136 valence electrons. The maximum Gasteiger partial charge on any atom is 0.243 e. The second kappa shape index (κ2) is 8.86. The van der Waals surface area contributed by atoms with Gasteiger partial charge in [-0.2, -0.15) is 0 Å². The maximum atomic E-state index is 11.8. The minimum Gasteiger partial charge on any atom is -0.381 e. The summed E-state index contributed by atoms with van der Waals surface area (Å²) in [6, 6.07) is 0.147. The molecule has 2 fully saturated rings. The second-order valence-electron chi connectivity index (χ2n) is 6.72. The molecule has 0 radical (unpaired) electrons. The van der Waals surface area contributed by atoms with Gasteiger partial charge in [-0.3, -0.25) is 9.59 Å². The number of ether oxygens (including phenoxy) is 1. The van der Waals surface area contributed by atoms with Gasteiger partial charge in [0.05, 0.1) is 6.61 Å². The smallest absolute Gasteiger partial charge is 0.243 e. The van der Waals surface area contributed by atoms with E-state index in [4.69, 9.17) is 4.74 Å². The zero-order chi connectivity index (χ0) is 17.5. The van der Waals surface area contributed by atoms with Crippen LogP contribution in [0.4, 0.5) is 0 Å². The van der Waals surface area contributed by atoms with Gasteiger partial charge in [-0.05, 0) is 12.8 Å². The normalized spacial score (nSPS) is 24.9. The van der Waals surface area contributed by atoms with E-state index >= 15 is 0 Å². The van der Waals surface area contributed by atoms with E-state index in [1.807, 2.05) is 7.05 Å².